The van der Waals surface area contributed by atoms with Crippen LogP contribution in [0, 0.1) is 0 Å². The van der Waals surface area contributed by atoms with Gasteiger partial charge in [0.15, 0.2) is 0 Å². The van der Waals surface area contributed by atoms with Gasteiger partial charge in [-0.25, -0.2) is 0 Å². The minimum atomic E-state index is -0.909. The van der Waals surface area contributed by atoms with Crippen LogP contribution in [0.15, 0.2) is 33.9 Å². The number of nitrogens with zero attached hydrogens (tertiary/aromatic N) is 1. The smallest absolute Gasteiger partial charge is 0.323 e. The van der Waals surface area contributed by atoms with E-state index in [9.17, 15) is 4.79 Å². The van der Waals surface area contributed by atoms with Gasteiger partial charge in [-0.05, 0) is 29.4 Å². The normalized spacial score (nSPS) is 19.5. The zero-order chi connectivity index (χ0) is 9.97. The number of hydrogen-bond donors (Lipinski definition) is 0. The van der Waals surface area contributed by atoms with Crippen molar-refractivity contribution >= 4 is 28.1 Å². The van der Waals surface area contributed by atoms with E-state index in [0.717, 1.165) is 10.0 Å². The molecule has 0 fully saturated rings. The molecular weight excluding hydrogens is 250 g/mol. The number of hydrogen-bond acceptors (Lipinski definition) is 4. The van der Waals surface area contributed by atoms with Crippen molar-refractivity contribution in [2.75, 3.05) is 0 Å². The van der Waals surface area contributed by atoms with E-state index >= 15 is 0 Å². The Kier molecular flexibility index (Phi) is 2.49. The lowest BCUT2D eigenvalue weighted by molar-refractivity contribution is -0.131. The highest BCUT2D eigenvalue weighted by Gasteiger charge is 2.21. The molecule has 1 aliphatic rings. The molecule has 1 aliphatic heterocycles. The Hall–Kier alpha value is -1.36. The lowest BCUT2D eigenvalue weighted by Crippen LogP contribution is -2.13. The molecule has 1 atom stereocenters. The van der Waals surface area contributed by atoms with E-state index in [4.69, 9.17) is 4.74 Å². The second-order valence-electron chi connectivity index (χ2n) is 2.63. The standard InChI is InChI=1S/C9H6BrNO3/c10-7-3-1-6(2-4-7)9-11-14-8(5-12)13-9/h1-5,8H. The van der Waals surface area contributed by atoms with Crippen LogP contribution in [0.2, 0.25) is 0 Å². The molecule has 2 rings (SSSR count). The van der Waals surface area contributed by atoms with Crippen LogP contribution in [0.25, 0.3) is 0 Å². The molecule has 0 spiro atoms. The Bertz CT molecular complexity index is 374. The summed E-state index contributed by atoms with van der Waals surface area (Å²) in [5, 5.41) is 3.64. The van der Waals surface area contributed by atoms with Crippen LogP contribution >= 0.6 is 15.9 Å². The lowest BCUT2D eigenvalue weighted by atomic mass is 10.2. The molecule has 0 aliphatic carbocycles. The summed E-state index contributed by atoms with van der Waals surface area (Å²) in [6.45, 7) is 0. The first-order valence-corrected chi connectivity index (χ1v) is 4.70. The van der Waals surface area contributed by atoms with E-state index in [-0.39, 0.29) is 0 Å². The quantitative estimate of drug-likeness (QED) is 0.756. The topological polar surface area (TPSA) is 47.9 Å². The van der Waals surface area contributed by atoms with E-state index in [1.54, 1.807) is 0 Å². The van der Waals surface area contributed by atoms with Crippen molar-refractivity contribution in [3.05, 3.63) is 34.3 Å². The molecule has 0 amide bonds. The fraction of sp³-hybridized carbons (Fsp3) is 0.111. The zero-order valence-corrected chi connectivity index (χ0v) is 8.60. The predicted octanol–water partition coefficient (Wildman–Crippen LogP) is 1.68. The second-order valence-corrected chi connectivity index (χ2v) is 3.55. The van der Waals surface area contributed by atoms with Crippen molar-refractivity contribution in [1.29, 1.82) is 0 Å². The molecule has 0 aromatic heterocycles. The number of ether oxygens (including phenoxy) is 1. The molecule has 0 N–H and O–H groups in total. The Labute approximate surface area is 88.6 Å². The van der Waals surface area contributed by atoms with E-state index < -0.39 is 6.29 Å². The number of rotatable bonds is 2. The minimum absolute atomic E-state index is 0.328. The molecule has 0 bridgehead atoms. The molecule has 1 aromatic rings. The van der Waals surface area contributed by atoms with Gasteiger partial charge in [0.1, 0.15) is 0 Å². The van der Waals surface area contributed by atoms with Gasteiger partial charge in [0.2, 0.25) is 6.29 Å². The van der Waals surface area contributed by atoms with Crippen molar-refractivity contribution < 1.29 is 14.4 Å². The third-order valence-corrected chi connectivity index (χ3v) is 2.20. The molecule has 0 saturated heterocycles. The Morgan fingerprint density at radius 3 is 2.64 bits per heavy atom. The van der Waals surface area contributed by atoms with Gasteiger partial charge >= 0.3 is 6.29 Å². The van der Waals surface area contributed by atoms with Gasteiger partial charge in [-0.1, -0.05) is 15.9 Å². The van der Waals surface area contributed by atoms with E-state index in [0.29, 0.717) is 12.2 Å². The number of carbonyl (C=O) groups is 1. The number of oxime groups is 1. The van der Waals surface area contributed by atoms with Crippen LogP contribution < -0.4 is 0 Å². The summed E-state index contributed by atoms with van der Waals surface area (Å²) in [6.07, 6.45) is -0.358. The second kappa shape index (κ2) is 3.79. The molecule has 0 saturated carbocycles. The van der Waals surface area contributed by atoms with Gasteiger partial charge in [0.25, 0.3) is 5.90 Å². The van der Waals surface area contributed by atoms with Crippen molar-refractivity contribution in [2.24, 2.45) is 5.16 Å². The SMILES string of the molecule is O=CC1ON=C(c2ccc(Br)cc2)O1. The lowest BCUT2D eigenvalue weighted by Gasteiger charge is -2.01. The third-order valence-electron chi connectivity index (χ3n) is 1.67. The average molecular weight is 256 g/mol. The summed E-state index contributed by atoms with van der Waals surface area (Å²) < 4.78 is 6.05. The number of halogens is 1. The molecule has 0 radical (unpaired) electrons. The summed E-state index contributed by atoms with van der Waals surface area (Å²) in [5.41, 5.74) is 0.776. The molecule has 1 aromatic carbocycles. The first kappa shape index (κ1) is 9.21. The Morgan fingerprint density at radius 2 is 2.07 bits per heavy atom. The fourth-order valence-electron chi connectivity index (χ4n) is 1.02. The Morgan fingerprint density at radius 1 is 1.36 bits per heavy atom. The molecule has 14 heavy (non-hydrogen) atoms. The fourth-order valence-corrected chi connectivity index (χ4v) is 1.28. The molecule has 5 heteroatoms. The predicted molar refractivity (Wildman–Crippen MR) is 52.7 cm³/mol. The van der Waals surface area contributed by atoms with Gasteiger partial charge in [0.05, 0.1) is 0 Å². The highest BCUT2D eigenvalue weighted by Crippen LogP contribution is 2.15. The summed E-state index contributed by atoms with van der Waals surface area (Å²) >= 11 is 3.31. The number of carbonyl (C=O) groups excluding carboxylic acids is 1. The Balaban J connectivity index is 2.17. The van der Waals surface area contributed by atoms with Gasteiger partial charge in [-0.2, -0.15) is 0 Å². The van der Waals surface area contributed by atoms with E-state index in [1.807, 2.05) is 24.3 Å². The maximum Gasteiger partial charge on any atom is 0.323 e. The maximum atomic E-state index is 10.3. The van der Waals surface area contributed by atoms with Crippen LogP contribution in [-0.4, -0.2) is 18.5 Å². The number of aldehydes is 1. The first-order valence-electron chi connectivity index (χ1n) is 3.91. The minimum Gasteiger partial charge on any atom is -0.426 e. The van der Waals surface area contributed by atoms with Crippen molar-refractivity contribution in [2.45, 2.75) is 6.29 Å². The van der Waals surface area contributed by atoms with Crippen LogP contribution in [0.5, 0.6) is 0 Å². The monoisotopic (exact) mass is 255 g/mol. The van der Waals surface area contributed by atoms with Crippen molar-refractivity contribution in [3.8, 4) is 0 Å². The van der Waals surface area contributed by atoms with E-state index in [2.05, 4.69) is 25.9 Å². The average Bonchev–Trinajstić information content (AvgIpc) is 2.67. The van der Waals surface area contributed by atoms with Crippen molar-refractivity contribution in [3.63, 3.8) is 0 Å². The van der Waals surface area contributed by atoms with Gasteiger partial charge in [0, 0.05) is 10.0 Å². The third kappa shape index (κ3) is 1.77. The summed E-state index contributed by atoms with van der Waals surface area (Å²) in [7, 11) is 0. The highest BCUT2D eigenvalue weighted by atomic mass is 79.9. The molecule has 4 nitrogen and oxygen atoms in total. The molecule has 72 valence electrons. The highest BCUT2D eigenvalue weighted by molar-refractivity contribution is 9.10. The van der Waals surface area contributed by atoms with Crippen molar-refractivity contribution in [1.82, 2.24) is 0 Å². The molecule has 1 unspecified atom stereocenters. The van der Waals surface area contributed by atoms with Gasteiger partial charge in [-0.15, -0.1) is 0 Å². The first-order chi connectivity index (χ1) is 6.79. The zero-order valence-electron chi connectivity index (χ0n) is 7.01. The summed E-state index contributed by atoms with van der Waals surface area (Å²) in [4.78, 5) is 15.0. The summed E-state index contributed by atoms with van der Waals surface area (Å²) in [6, 6.07) is 7.35. The van der Waals surface area contributed by atoms with Crippen LogP contribution in [0.3, 0.4) is 0 Å². The van der Waals surface area contributed by atoms with E-state index in [1.165, 1.54) is 0 Å². The van der Waals surface area contributed by atoms with Crippen LogP contribution in [0.1, 0.15) is 5.56 Å². The van der Waals surface area contributed by atoms with Gasteiger partial charge in [-0.3, -0.25) is 4.79 Å². The summed E-state index contributed by atoms with van der Waals surface area (Å²) in [5.74, 6) is 0.328. The molecule has 1 heterocycles. The molecular formula is C9H6BrNO3. The van der Waals surface area contributed by atoms with Crippen LogP contribution in [-0.2, 0) is 14.4 Å². The number of benzene rings is 1. The largest absolute Gasteiger partial charge is 0.426 e. The maximum absolute atomic E-state index is 10.3. The van der Waals surface area contributed by atoms with Gasteiger partial charge < -0.3 is 9.57 Å². The van der Waals surface area contributed by atoms with Crippen LogP contribution in [0.4, 0.5) is 0 Å².